The predicted molar refractivity (Wildman–Crippen MR) is 43.2 cm³/mol. The summed E-state index contributed by atoms with van der Waals surface area (Å²) in [5.41, 5.74) is 0.640. The molecule has 0 saturated carbocycles. The number of aromatic hydroxyl groups is 1. The molecule has 0 spiro atoms. The number of amides is 1. The lowest BCUT2D eigenvalue weighted by Crippen LogP contribution is -2.19. The molecule has 1 rings (SSSR count). The van der Waals surface area contributed by atoms with E-state index in [-0.39, 0.29) is 0 Å². The van der Waals surface area contributed by atoms with Gasteiger partial charge in [-0.25, -0.2) is 15.8 Å². The summed E-state index contributed by atoms with van der Waals surface area (Å²) in [5, 5.41) is 23.5. The highest BCUT2D eigenvalue weighted by Crippen LogP contribution is 2.22. The largest absolute Gasteiger partial charge is 0.504 e. The Morgan fingerprint density at radius 2 is 1.87 bits per heavy atom. The molecule has 6 nitrogen and oxygen atoms in total. The molecule has 1 aromatic rings. The first-order valence-electron chi connectivity index (χ1n) is 3.45. The molecule has 15 heavy (non-hydrogen) atoms. The number of phenolic OH excluding ortho intramolecular Hbond substituents is 1. The van der Waals surface area contributed by atoms with Crippen LogP contribution >= 0.6 is 0 Å². The Hall–Kier alpha value is -1.77. The zero-order valence-electron chi connectivity index (χ0n) is 7.24. The van der Waals surface area contributed by atoms with E-state index in [0.29, 0.717) is 6.07 Å². The van der Waals surface area contributed by atoms with Crippen LogP contribution in [0.2, 0.25) is 0 Å². The smallest absolute Gasteiger partial charge is 0.278 e. The van der Waals surface area contributed by atoms with Crippen LogP contribution in [0.25, 0.3) is 0 Å². The summed E-state index contributed by atoms with van der Waals surface area (Å²) in [6.07, 6.45) is 0. The summed E-state index contributed by atoms with van der Waals surface area (Å²) >= 11 is 0. The summed E-state index contributed by atoms with van der Waals surface area (Å²) in [6.45, 7) is 0. The van der Waals surface area contributed by atoms with Gasteiger partial charge in [-0.05, 0) is 12.1 Å². The Kier molecular flexibility index (Phi) is 5.16. The lowest BCUT2D eigenvalue weighted by atomic mass is 10.2. The van der Waals surface area contributed by atoms with Crippen molar-refractivity contribution in [3.63, 3.8) is 0 Å². The number of hydrogen-bond acceptors (Lipinski definition) is 5. The van der Waals surface area contributed by atoms with Crippen molar-refractivity contribution >= 4 is 5.91 Å². The molecule has 0 heterocycles. The van der Waals surface area contributed by atoms with Crippen molar-refractivity contribution in [2.75, 3.05) is 0 Å². The van der Waals surface area contributed by atoms with Gasteiger partial charge < -0.3 is 10.3 Å². The normalized spacial score (nSPS) is 8.87. The molecular formula is C7H8F2N2O4. The number of hydrogen-bond donors (Lipinski definition) is 5. The minimum absolute atomic E-state index is 0.540. The molecule has 0 aliphatic rings. The van der Waals surface area contributed by atoms with E-state index in [0.717, 1.165) is 6.07 Å². The SMILES string of the molecule is NO.O=C(NO)c1ccc(F)c(F)c1O. The molecule has 0 atom stereocenters. The first-order chi connectivity index (χ1) is 7.07. The van der Waals surface area contributed by atoms with Crippen LogP contribution in [-0.2, 0) is 0 Å². The van der Waals surface area contributed by atoms with E-state index in [1.54, 1.807) is 0 Å². The predicted octanol–water partition coefficient (Wildman–Crippen LogP) is 0.124. The van der Waals surface area contributed by atoms with Crippen molar-refractivity contribution in [1.82, 2.24) is 5.48 Å². The van der Waals surface area contributed by atoms with Crippen LogP contribution in [0.1, 0.15) is 10.4 Å². The maximum atomic E-state index is 12.6. The van der Waals surface area contributed by atoms with E-state index in [2.05, 4.69) is 5.90 Å². The quantitative estimate of drug-likeness (QED) is 0.342. The van der Waals surface area contributed by atoms with E-state index < -0.39 is 28.9 Å². The van der Waals surface area contributed by atoms with Crippen molar-refractivity contribution in [3.05, 3.63) is 29.3 Å². The van der Waals surface area contributed by atoms with Crippen LogP contribution in [0.5, 0.6) is 5.75 Å². The minimum Gasteiger partial charge on any atom is -0.504 e. The molecule has 0 saturated heterocycles. The lowest BCUT2D eigenvalue weighted by Gasteiger charge is -2.02. The number of halogens is 2. The Bertz CT molecular complexity index is 359. The molecular weight excluding hydrogens is 214 g/mol. The van der Waals surface area contributed by atoms with Crippen LogP contribution in [0.4, 0.5) is 8.78 Å². The van der Waals surface area contributed by atoms with Crippen molar-refractivity contribution in [2.24, 2.45) is 5.90 Å². The summed E-state index contributed by atoms with van der Waals surface area (Å²) in [6, 6.07) is 1.51. The number of carbonyl (C=O) groups is 1. The molecule has 0 bridgehead atoms. The van der Waals surface area contributed by atoms with E-state index in [1.807, 2.05) is 0 Å². The zero-order chi connectivity index (χ0) is 12.0. The number of nitrogens with two attached hydrogens (primary N) is 1. The summed E-state index contributed by atoms with van der Waals surface area (Å²) in [7, 11) is 0. The van der Waals surface area contributed by atoms with Crippen LogP contribution in [0, 0.1) is 11.6 Å². The van der Waals surface area contributed by atoms with Gasteiger partial charge >= 0.3 is 0 Å². The first-order valence-corrected chi connectivity index (χ1v) is 3.45. The fraction of sp³-hybridized carbons (Fsp3) is 0. The van der Waals surface area contributed by atoms with Gasteiger partial charge in [0, 0.05) is 0 Å². The molecule has 0 aliphatic heterocycles. The fourth-order valence-corrected chi connectivity index (χ4v) is 0.783. The van der Waals surface area contributed by atoms with Crippen LogP contribution in [0.3, 0.4) is 0 Å². The Morgan fingerprint density at radius 1 is 1.33 bits per heavy atom. The molecule has 0 radical (unpaired) electrons. The Labute approximate surface area is 82.5 Å². The van der Waals surface area contributed by atoms with Gasteiger partial charge in [0.1, 0.15) is 0 Å². The zero-order valence-corrected chi connectivity index (χ0v) is 7.24. The monoisotopic (exact) mass is 222 g/mol. The summed E-state index contributed by atoms with van der Waals surface area (Å²) in [5.74, 6) is -1.55. The van der Waals surface area contributed by atoms with Gasteiger partial charge in [-0.1, -0.05) is 0 Å². The number of nitrogens with one attached hydrogen (secondary N) is 1. The van der Waals surface area contributed by atoms with E-state index in [4.69, 9.17) is 15.5 Å². The molecule has 8 heteroatoms. The fourth-order valence-electron chi connectivity index (χ4n) is 0.783. The third-order valence-electron chi connectivity index (χ3n) is 1.42. The van der Waals surface area contributed by atoms with Gasteiger partial charge in [-0.3, -0.25) is 10.0 Å². The average molecular weight is 222 g/mol. The van der Waals surface area contributed by atoms with Crippen LogP contribution < -0.4 is 11.4 Å². The molecule has 1 aromatic carbocycles. The standard InChI is InChI=1S/C7H5F2NO3.H3NO/c8-4-2-1-3(7(12)10-13)6(11)5(4)9;1-2/h1-2,11,13H,(H,10,12);2H,1H2. The third-order valence-corrected chi connectivity index (χ3v) is 1.42. The third kappa shape index (κ3) is 2.84. The van der Waals surface area contributed by atoms with Gasteiger partial charge in [0.15, 0.2) is 11.6 Å². The maximum Gasteiger partial charge on any atom is 0.278 e. The molecule has 0 aliphatic carbocycles. The van der Waals surface area contributed by atoms with Gasteiger partial charge in [-0.2, -0.15) is 4.39 Å². The van der Waals surface area contributed by atoms with Gasteiger partial charge in [-0.15, -0.1) is 0 Å². The van der Waals surface area contributed by atoms with E-state index in [1.165, 1.54) is 5.48 Å². The van der Waals surface area contributed by atoms with Gasteiger partial charge in [0.05, 0.1) is 5.56 Å². The molecule has 0 unspecified atom stereocenters. The highest BCUT2D eigenvalue weighted by Gasteiger charge is 2.17. The average Bonchev–Trinajstić information content (AvgIpc) is 2.28. The molecule has 84 valence electrons. The Balaban J connectivity index is 0.000000921. The van der Waals surface area contributed by atoms with E-state index in [9.17, 15) is 13.6 Å². The number of hydroxylamine groups is 1. The second-order valence-corrected chi connectivity index (χ2v) is 2.20. The number of rotatable bonds is 1. The first kappa shape index (κ1) is 13.2. The number of benzene rings is 1. The van der Waals surface area contributed by atoms with Crippen LogP contribution in [0.15, 0.2) is 12.1 Å². The van der Waals surface area contributed by atoms with E-state index >= 15 is 0 Å². The summed E-state index contributed by atoms with van der Waals surface area (Å²) < 4.78 is 25.0. The van der Waals surface area contributed by atoms with Gasteiger partial charge in [0.2, 0.25) is 5.82 Å². The minimum atomic E-state index is -1.53. The van der Waals surface area contributed by atoms with Crippen molar-refractivity contribution in [2.45, 2.75) is 0 Å². The molecule has 0 aromatic heterocycles. The van der Waals surface area contributed by atoms with Crippen molar-refractivity contribution in [3.8, 4) is 5.75 Å². The van der Waals surface area contributed by atoms with Crippen LogP contribution in [-0.4, -0.2) is 21.4 Å². The van der Waals surface area contributed by atoms with Crippen molar-refractivity contribution < 1.29 is 29.1 Å². The molecule has 6 N–H and O–H groups in total. The number of carbonyl (C=O) groups excluding carboxylic acids is 1. The lowest BCUT2D eigenvalue weighted by molar-refractivity contribution is 0.0702. The van der Waals surface area contributed by atoms with Crippen molar-refractivity contribution in [1.29, 1.82) is 0 Å². The highest BCUT2D eigenvalue weighted by molar-refractivity contribution is 5.96. The van der Waals surface area contributed by atoms with Gasteiger partial charge in [0.25, 0.3) is 5.91 Å². The number of phenols is 1. The Morgan fingerprint density at radius 3 is 2.33 bits per heavy atom. The second-order valence-electron chi connectivity index (χ2n) is 2.20. The molecule has 1 amide bonds. The summed E-state index contributed by atoms with van der Waals surface area (Å²) in [4.78, 5) is 10.7. The maximum absolute atomic E-state index is 12.6. The highest BCUT2D eigenvalue weighted by atomic mass is 19.2. The second kappa shape index (κ2) is 5.86. The molecule has 0 fully saturated rings. The topological polar surface area (TPSA) is 116 Å².